The van der Waals surface area contributed by atoms with Crippen molar-refractivity contribution in [2.24, 2.45) is 0 Å². The van der Waals surface area contributed by atoms with E-state index in [1.165, 1.54) is 19.3 Å². The Kier molecular flexibility index (Phi) is 3.73. The molecule has 0 radical (unpaired) electrons. The molecule has 0 aliphatic heterocycles. The maximum atomic E-state index is 6.62. The van der Waals surface area contributed by atoms with Crippen LogP contribution in [0.5, 0.6) is 0 Å². The van der Waals surface area contributed by atoms with E-state index in [2.05, 4.69) is 29.3 Å². The van der Waals surface area contributed by atoms with Crippen molar-refractivity contribution in [3.63, 3.8) is 0 Å². The molecule has 1 aliphatic carbocycles. The molecule has 0 unspecified atom stereocenters. The summed E-state index contributed by atoms with van der Waals surface area (Å²) in [4.78, 5) is 0. The zero-order valence-corrected chi connectivity index (χ0v) is 6.73. The SMILES string of the molecule is OOO.c1ccc2c(c1)CCC2. The van der Waals surface area contributed by atoms with Crippen LogP contribution in [0, 0.1) is 0 Å². The highest BCUT2D eigenvalue weighted by molar-refractivity contribution is 5.30. The zero-order chi connectivity index (χ0) is 8.81. The van der Waals surface area contributed by atoms with E-state index in [-0.39, 0.29) is 0 Å². The summed E-state index contributed by atoms with van der Waals surface area (Å²) in [5.74, 6) is 0. The zero-order valence-electron chi connectivity index (χ0n) is 6.73. The molecule has 0 bridgehead atoms. The topological polar surface area (TPSA) is 49.7 Å². The lowest BCUT2D eigenvalue weighted by Crippen LogP contribution is -1.77. The smallest absolute Gasteiger partial charge is 0.0273 e. The number of benzene rings is 1. The molecule has 3 heteroatoms. The quantitative estimate of drug-likeness (QED) is 0.461. The predicted molar refractivity (Wildman–Crippen MR) is 44.8 cm³/mol. The summed E-state index contributed by atoms with van der Waals surface area (Å²) in [5, 5.41) is 15.5. The summed E-state index contributed by atoms with van der Waals surface area (Å²) in [7, 11) is 0. The molecule has 0 amide bonds. The fraction of sp³-hybridized carbons (Fsp3) is 0.333. The molecule has 0 fully saturated rings. The summed E-state index contributed by atoms with van der Waals surface area (Å²) in [6, 6.07) is 8.74. The normalized spacial score (nSPS) is 13.2. The average Bonchev–Trinajstić information content (AvgIpc) is 2.52. The van der Waals surface area contributed by atoms with Gasteiger partial charge >= 0.3 is 0 Å². The van der Waals surface area contributed by atoms with Crippen molar-refractivity contribution in [1.29, 1.82) is 0 Å². The summed E-state index contributed by atoms with van der Waals surface area (Å²) in [6.45, 7) is 0. The number of aryl methyl sites for hydroxylation is 2. The molecule has 1 aliphatic rings. The summed E-state index contributed by atoms with van der Waals surface area (Å²) in [5.41, 5.74) is 3.13. The molecule has 0 saturated carbocycles. The van der Waals surface area contributed by atoms with Crippen LogP contribution in [-0.2, 0) is 17.9 Å². The van der Waals surface area contributed by atoms with Gasteiger partial charge in [-0.05, 0) is 30.4 Å². The van der Waals surface area contributed by atoms with Crippen LogP contribution in [0.1, 0.15) is 17.5 Å². The third kappa shape index (κ3) is 2.30. The van der Waals surface area contributed by atoms with E-state index < -0.39 is 0 Å². The molecule has 0 heterocycles. The minimum atomic E-state index is 1.30. The van der Waals surface area contributed by atoms with Crippen molar-refractivity contribution < 1.29 is 15.6 Å². The summed E-state index contributed by atoms with van der Waals surface area (Å²) < 4.78 is 0. The molecule has 2 rings (SSSR count). The first-order chi connectivity index (χ1) is 5.88. The van der Waals surface area contributed by atoms with Gasteiger partial charge in [0.25, 0.3) is 0 Å². The van der Waals surface area contributed by atoms with Gasteiger partial charge in [0.05, 0.1) is 0 Å². The summed E-state index contributed by atoms with van der Waals surface area (Å²) >= 11 is 0. The number of rotatable bonds is 0. The van der Waals surface area contributed by atoms with E-state index >= 15 is 0 Å². The van der Waals surface area contributed by atoms with Crippen molar-refractivity contribution in [3.8, 4) is 0 Å². The lowest BCUT2D eigenvalue weighted by molar-refractivity contribution is -0.465. The highest BCUT2D eigenvalue weighted by atomic mass is 17.4. The van der Waals surface area contributed by atoms with Crippen molar-refractivity contribution in [2.75, 3.05) is 0 Å². The van der Waals surface area contributed by atoms with E-state index in [0.29, 0.717) is 0 Å². The van der Waals surface area contributed by atoms with Crippen LogP contribution in [0.4, 0.5) is 0 Å². The Hall–Kier alpha value is -0.900. The van der Waals surface area contributed by atoms with E-state index in [4.69, 9.17) is 10.5 Å². The third-order valence-corrected chi connectivity index (χ3v) is 2.01. The Morgan fingerprint density at radius 1 is 1.00 bits per heavy atom. The Bertz CT molecular complexity index is 212. The van der Waals surface area contributed by atoms with E-state index in [1.54, 1.807) is 11.1 Å². The second-order valence-electron chi connectivity index (χ2n) is 2.70. The highest BCUT2D eigenvalue weighted by Crippen LogP contribution is 2.20. The Morgan fingerprint density at radius 3 is 1.83 bits per heavy atom. The van der Waals surface area contributed by atoms with Crippen LogP contribution in [-0.4, -0.2) is 10.5 Å². The van der Waals surface area contributed by atoms with Crippen molar-refractivity contribution in [2.45, 2.75) is 19.3 Å². The van der Waals surface area contributed by atoms with Crippen LogP contribution in [0.2, 0.25) is 0 Å². The van der Waals surface area contributed by atoms with Gasteiger partial charge in [-0.25, -0.2) is 10.5 Å². The molecular formula is C9H12O3. The van der Waals surface area contributed by atoms with Gasteiger partial charge in [0.1, 0.15) is 0 Å². The van der Waals surface area contributed by atoms with Crippen LogP contribution in [0.3, 0.4) is 0 Å². The van der Waals surface area contributed by atoms with Gasteiger partial charge in [-0.15, -0.1) is 0 Å². The second kappa shape index (κ2) is 4.87. The average molecular weight is 168 g/mol. The molecule has 66 valence electrons. The van der Waals surface area contributed by atoms with Crippen LogP contribution in [0.15, 0.2) is 24.3 Å². The van der Waals surface area contributed by atoms with Crippen LogP contribution >= 0.6 is 0 Å². The standard InChI is InChI=1S/C9H10.H2O3/c1-2-5-9-7-3-6-8(9)4-1;1-3-2/h1-2,4-5H,3,6-7H2;1-2H. The number of hydrogen-bond acceptors (Lipinski definition) is 3. The second-order valence-corrected chi connectivity index (χ2v) is 2.70. The summed E-state index contributed by atoms with van der Waals surface area (Å²) in [6.07, 6.45) is 3.96. The predicted octanol–water partition coefficient (Wildman–Crippen LogP) is 2.12. The monoisotopic (exact) mass is 168 g/mol. The van der Waals surface area contributed by atoms with Gasteiger partial charge in [-0.2, -0.15) is 0 Å². The van der Waals surface area contributed by atoms with Crippen LogP contribution in [0.25, 0.3) is 0 Å². The Labute approximate surface area is 71.1 Å². The van der Waals surface area contributed by atoms with Gasteiger partial charge < -0.3 is 0 Å². The first-order valence-electron chi connectivity index (χ1n) is 3.90. The van der Waals surface area contributed by atoms with Gasteiger partial charge in [0.2, 0.25) is 0 Å². The molecule has 2 N–H and O–H groups in total. The Balaban J connectivity index is 0.000000213. The molecule has 0 saturated heterocycles. The molecular weight excluding hydrogens is 156 g/mol. The number of hydrogen-bond donors (Lipinski definition) is 2. The van der Waals surface area contributed by atoms with Gasteiger partial charge in [0.15, 0.2) is 0 Å². The minimum Gasteiger partial charge on any atom is -0.221 e. The molecule has 12 heavy (non-hydrogen) atoms. The van der Waals surface area contributed by atoms with Gasteiger partial charge in [-0.1, -0.05) is 29.3 Å². The molecule has 0 atom stereocenters. The molecule has 0 aromatic heterocycles. The molecule has 3 nitrogen and oxygen atoms in total. The number of fused-ring (bicyclic) bond motifs is 1. The maximum Gasteiger partial charge on any atom is -0.0273 e. The molecule has 1 aromatic carbocycles. The van der Waals surface area contributed by atoms with Crippen LogP contribution < -0.4 is 0 Å². The lowest BCUT2D eigenvalue weighted by Gasteiger charge is -1.93. The highest BCUT2D eigenvalue weighted by Gasteiger charge is 2.07. The largest absolute Gasteiger partial charge is 0.221 e. The fourth-order valence-electron chi connectivity index (χ4n) is 1.51. The third-order valence-electron chi connectivity index (χ3n) is 2.01. The van der Waals surface area contributed by atoms with Crippen molar-refractivity contribution >= 4 is 0 Å². The first kappa shape index (κ1) is 9.19. The van der Waals surface area contributed by atoms with Crippen molar-refractivity contribution in [3.05, 3.63) is 35.4 Å². The Morgan fingerprint density at radius 2 is 1.42 bits per heavy atom. The van der Waals surface area contributed by atoms with E-state index in [9.17, 15) is 0 Å². The van der Waals surface area contributed by atoms with Crippen molar-refractivity contribution in [1.82, 2.24) is 0 Å². The van der Waals surface area contributed by atoms with E-state index in [1.807, 2.05) is 0 Å². The fourth-order valence-corrected chi connectivity index (χ4v) is 1.51. The van der Waals surface area contributed by atoms with Gasteiger partial charge in [0, 0.05) is 0 Å². The first-order valence-corrected chi connectivity index (χ1v) is 3.90. The lowest BCUT2D eigenvalue weighted by atomic mass is 10.1. The maximum absolute atomic E-state index is 6.62. The van der Waals surface area contributed by atoms with E-state index in [0.717, 1.165) is 0 Å². The van der Waals surface area contributed by atoms with Gasteiger partial charge in [-0.3, -0.25) is 0 Å². The molecule has 1 aromatic rings. The molecule has 0 spiro atoms. The minimum absolute atomic E-state index is 1.30.